The monoisotopic (exact) mass is 339 g/mol. The van der Waals surface area contributed by atoms with E-state index in [1.165, 1.54) is 0 Å². The van der Waals surface area contributed by atoms with Crippen molar-refractivity contribution in [3.05, 3.63) is 32.2 Å². The van der Waals surface area contributed by atoms with Crippen molar-refractivity contribution in [3.63, 3.8) is 0 Å². The number of hydrogen-bond donors (Lipinski definition) is 1. The summed E-state index contributed by atoms with van der Waals surface area (Å²) >= 11 is 0. The third-order valence-corrected chi connectivity index (χ3v) is 4.14. The first-order valence-corrected chi connectivity index (χ1v) is 8.07. The molecule has 0 saturated heterocycles. The fraction of sp³-hybridized carbons (Fsp3) is 0.556. The molecule has 0 radical (unpaired) electrons. The molecule has 1 aliphatic carbocycles. The van der Waals surface area contributed by atoms with Gasteiger partial charge in [-0.1, -0.05) is 12.4 Å². The summed E-state index contributed by atoms with van der Waals surface area (Å²) in [6.45, 7) is 6.26. The maximum Gasteiger partial charge on any atom is 2.00 e. The molecule has 2 aromatic rings. The quantitative estimate of drug-likeness (QED) is 0.689. The molecule has 7 heteroatoms. The van der Waals surface area contributed by atoms with Crippen LogP contribution in [-0.2, 0) is 4.74 Å². The van der Waals surface area contributed by atoms with Crippen molar-refractivity contribution in [1.82, 2.24) is 19.9 Å². The normalized spacial score (nSPS) is 19.8. The Balaban J connectivity index is 0.00000156. The van der Waals surface area contributed by atoms with Crippen LogP contribution in [0.15, 0.2) is 18.7 Å². The minimum atomic E-state index is -0.456. The number of aromatic nitrogens is 3. The number of fused-ring (bicyclic) bond motifs is 1. The number of ether oxygens (including phenoxy) is 1. The number of alkyl carbamates (subject to hydrolysis) is 1. The van der Waals surface area contributed by atoms with E-state index in [4.69, 9.17) is 4.74 Å². The summed E-state index contributed by atoms with van der Waals surface area (Å²) in [5.74, 6) is 0.465. The van der Waals surface area contributed by atoms with E-state index < -0.39 is 5.60 Å². The maximum absolute atomic E-state index is 11.7. The number of nitrogens with zero attached hydrogens (tertiary/aromatic N) is 3. The molecule has 1 N–H and O–H groups in total. The van der Waals surface area contributed by atoms with Gasteiger partial charge in [-0.2, -0.15) is 6.07 Å². The molecule has 2 aromatic heterocycles. The largest absolute Gasteiger partial charge is 2.00 e. The molecule has 1 saturated carbocycles. The topological polar surface area (TPSA) is 69.0 Å². The van der Waals surface area contributed by atoms with Gasteiger partial charge in [0, 0.05) is 18.2 Å². The Morgan fingerprint density at radius 1 is 1.44 bits per heavy atom. The molecule has 0 unspecified atom stereocenters. The van der Waals surface area contributed by atoms with Crippen molar-refractivity contribution in [2.45, 2.75) is 51.7 Å². The molecule has 25 heavy (non-hydrogen) atoms. The Bertz CT molecular complexity index is 696. The van der Waals surface area contributed by atoms with E-state index in [-0.39, 0.29) is 23.6 Å². The molecule has 1 aliphatic rings. The minimum Gasteiger partial charge on any atom is -0.444 e. The van der Waals surface area contributed by atoms with Crippen LogP contribution in [0.3, 0.4) is 0 Å². The van der Waals surface area contributed by atoms with Crippen LogP contribution in [0.25, 0.3) is 11.0 Å². The van der Waals surface area contributed by atoms with Crippen LogP contribution in [0, 0.1) is 19.4 Å². The zero-order chi connectivity index (χ0) is 16.4. The summed E-state index contributed by atoms with van der Waals surface area (Å²) in [5, 5.41) is 3.83. The second kappa shape index (κ2) is 8.43. The first-order chi connectivity index (χ1) is 10.9. The van der Waals surface area contributed by atoms with E-state index in [0.717, 1.165) is 30.3 Å². The van der Waals surface area contributed by atoms with E-state index in [1.54, 1.807) is 12.5 Å². The van der Waals surface area contributed by atoms with Crippen molar-refractivity contribution in [2.24, 2.45) is 5.92 Å². The van der Waals surface area contributed by atoms with Crippen LogP contribution < -0.4 is 5.32 Å². The van der Waals surface area contributed by atoms with E-state index >= 15 is 0 Å². The Hall–Kier alpha value is -1.94. The molecule has 2 heterocycles. The summed E-state index contributed by atoms with van der Waals surface area (Å²) in [4.78, 5) is 20.1. The van der Waals surface area contributed by atoms with Crippen LogP contribution >= 0.6 is 0 Å². The SMILES string of the molecule is CC(C)(C)OC(=O)NC[C@@H]1CC[C@H](n2c[c-]c3cncnc32)C1.[Be+2].[CH3-]. The van der Waals surface area contributed by atoms with Gasteiger partial charge in [0.15, 0.2) is 0 Å². The Kier molecular flexibility index (Phi) is 7.12. The molecule has 0 bridgehead atoms. The van der Waals surface area contributed by atoms with Crippen molar-refractivity contribution >= 4 is 27.2 Å². The zero-order valence-corrected chi connectivity index (χ0v) is 15.6. The van der Waals surface area contributed by atoms with Crippen molar-refractivity contribution in [3.8, 4) is 0 Å². The number of hydrogen-bond acceptors (Lipinski definition) is 4. The summed E-state index contributed by atoms with van der Waals surface area (Å²) in [6, 6.07) is 3.61. The molecule has 2 atom stereocenters. The average Bonchev–Trinajstić information content (AvgIpc) is 3.09. The predicted octanol–water partition coefficient (Wildman–Crippen LogP) is 3.17. The van der Waals surface area contributed by atoms with Gasteiger partial charge in [-0.25, -0.2) is 4.79 Å². The minimum absolute atomic E-state index is 0. The van der Waals surface area contributed by atoms with Crippen LogP contribution in [0.4, 0.5) is 4.79 Å². The smallest absolute Gasteiger partial charge is 0.444 e. The molecule has 3 rings (SSSR count). The predicted molar refractivity (Wildman–Crippen MR) is 99.1 cm³/mol. The molecule has 1 amide bonds. The van der Waals surface area contributed by atoms with Crippen molar-refractivity contribution < 1.29 is 9.53 Å². The summed E-state index contributed by atoms with van der Waals surface area (Å²) < 4.78 is 7.46. The molecule has 6 nitrogen and oxygen atoms in total. The summed E-state index contributed by atoms with van der Waals surface area (Å²) in [6.07, 6.45) is 8.19. The third-order valence-electron chi connectivity index (χ3n) is 4.14. The van der Waals surface area contributed by atoms with Gasteiger partial charge in [-0.15, -0.1) is 5.39 Å². The molecule has 0 aliphatic heterocycles. The Labute approximate surface area is 153 Å². The van der Waals surface area contributed by atoms with E-state index in [0.29, 0.717) is 18.5 Å². The molecule has 0 aromatic carbocycles. The molecular weight excluding hydrogens is 313 g/mol. The van der Waals surface area contributed by atoms with Crippen LogP contribution in [-0.4, -0.2) is 42.9 Å². The summed E-state index contributed by atoms with van der Waals surface area (Å²) in [5.41, 5.74) is 0.479. The van der Waals surface area contributed by atoms with Gasteiger partial charge in [0.25, 0.3) is 0 Å². The number of carbonyl (C=O) groups excluding carboxylic acids is 1. The van der Waals surface area contributed by atoms with Crippen molar-refractivity contribution in [2.75, 3.05) is 6.54 Å². The second-order valence-electron chi connectivity index (χ2n) is 7.16. The Morgan fingerprint density at radius 2 is 2.20 bits per heavy atom. The van der Waals surface area contributed by atoms with Crippen LogP contribution in [0.2, 0.25) is 0 Å². The van der Waals surface area contributed by atoms with E-state index in [1.807, 2.05) is 27.0 Å². The fourth-order valence-electron chi connectivity index (χ4n) is 3.14. The van der Waals surface area contributed by atoms with Crippen LogP contribution in [0.5, 0.6) is 0 Å². The first kappa shape index (κ1) is 21.1. The number of carbonyl (C=O) groups is 1. The zero-order valence-electron chi connectivity index (χ0n) is 15.6. The van der Waals surface area contributed by atoms with Crippen molar-refractivity contribution in [1.29, 1.82) is 0 Å². The third kappa shape index (κ3) is 5.26. The van der Waals surface area contributed by atoms with Gasteiger partial charge in [0.2, 0.25) is 0 Å². The number of rotatable bonds is 3. The van der Waals surface area contributed by atoms with Gasteiger partial charge in [-0.3, -0.25) is 4.98 Å². The van der Waals surface area contributed by atoms with Crippen LogP contribution in [0.1, 0.15) is 46.1 Å². The van der Waals surface area contributed by atoms with E-state index in [2.05, 4.69) is 25.9 Å². The first-order valence-electron chi connectivity index (χ1n) is 8.07. The van der Waals surface area contributed by atoms with E-state index in [9.17, 15) is 4.79 Å². The average molecular weight is 339 g/mol. The second-order valence-corrected chi connectivity index (χ2v) is 7.16. The van der Waals surface area contributed by atoms with Gasteiger partial charge >= 0.3 is 16.2 Å². The van der Waals surface area contributed by atoms with Gasteiger partial charge in [0.1, 0.15) is 5.60 Å². The molecule has 0 spiro atoms. The molecule has 1 fully saturated rings. The van der Waals surface area contributed by atoms with Gasteiger partial charge in [0.05, 0.1) is 6.33 Å². The fourth-order valence-corrected chi connectivity index (χ4v) is 3.14. The number of amides is 1. The summed E-state index contributed by atoms with van der Waals surface area (Å²) in [7, 11) is 0. The molecular formula is C18H26BeN4O2. The number of nitrogens with one attached hydrogen (secondary N) is 1. The Morgan fingerprint density at radius 3 is 2.92 bits per heavy atom. The maximum atomic E-state index is 11.7. The standard InChI is InChI=1S/C17H23N4O2.CH3.Be/c1-17(2,3)23-16(22)19-9-12-4-5-14(8-12)21-7-6-13-10-18-11-20-15(13)21;;/h7,10-12,14H,4-5,8-9H2,1-3H3,(H,19,22);1H3;/q2*-1;+2/t12-,14+;;/m1../s1. The van der Waals surface area contributed by atoms with Gasteiger partial charge < -0.3 is 27.0 Å². The molecule has 132 valence electrons. The van der Waals surface area contributed by atoms with Gasteiger partial charge in [-0.05, 0) is 46.0 Å².